The zero-order valence-corrected chi connectivity index (χ0v) is 12.3. The number of aromatic nitrogens is 2. The summed E-state index contributed by atoms with van der Waals surface area (Å²) in [5, 5.41) is 0. The molecule has 0 aliphatic heterocycles. The third-order valence-corrected chi connectivity index (χ3v) is 4.88. The summed E-state index contributed by atoms with van der Waals surface area (Å²) in [6.07, 6.45) is 3.22. The molecule has 0 saturated heterocycles. The lowest BCUT2D eigenvalue weighted by Gasteiger charge is -2.15. The van der Waals surface area contributed by atoms with Crippen molar-refractivity contribution in [3.8, 4) is 0 Å². The van der Waals surface area contributed by atoms with Crippen molar-refractivity contribution in [2.75, 3.05) is 7.05 Å². The van der Waals surface area contributed by atoms with E-state index < -0.39 is 10.0 Å². The van der Waals surface area contributed by atoms with Gasteiger partial charge in [-0.05, 0) is 18.2 Å². The molecule has 0 aliphatic carbocycles. The highest BCUT2D eigenvalue weighted by molar-refractivity contribution is 7.89. The van der Waals surface area contributed by atoms with Gasteiger partial charge in [0.15, 0.2) is 0 Å². The van der Waals surface area contributed by atoms with Crippen LogP contribution in [0.15, 0.2) is 41.6 Å². The van der Waals surface area contributed by atoms with E-state index in [0.29, 0.717) is 12.2 Å². The van der Waals surface area contributed by atoms with Gasteiger partial charge in [-0.1, -0.05) is 6.07 Å². The van der Waals surface area contributed by atoms with E-state index in [4.69, 9.17) is 5.73 Å². The Morgan fingerprint density at radius 3 is 2.70 bits per heavy atom. The SMILES string of the molecule is CN(Cc1ccccn1)S(=O)(=O)c1cc(CN)n(C)c1. The second kappa shape index (κ2) is 5.74. The number of nitrogens with two attached hydrogens (primary N) is 1. The molecule has 0 unspecified atom stereocenters. The molecule has 0 spiro atoms. The van der Waals surface area contributed by atoms with E-state index in [2.05, 4.69) is 4.98 Å². The highest BCUT2D eigenvalue weighted by atomic mass is 32.2. The van der Waals surface area contributed by atoms with E-state index in [1.54, 1.807) is 49.3 Å². The molecule has 2 rings (SSSR count). The van der Waals surface area contributed by atoms with E-state index in [9.17, 15) is 8.42 Å². The molecule has 108 valence electrons. The molecule has 20 heavy (non-hydrogen) atoms. The van der Waals surface area contributed by atoms with E-state index in [1.807, 2.05) is 6.07 Å². The van der Waals surface area contributed by atoms with Crippen LogP contribution in [0.1, 0.15) is 11.4 Å². The molecule has 7 heteroatoms. The lowest BCUT2D eigenvalue weighted by atomic mass is 10.3. The van der Waals surface area contributed by atoms with Crippen LogP contribution >= 0.6 is 0 Å². The second-order valence-electron chi connectivity index (χ2n) is 4.56. The molecule has 0 radical (unpaired) electrons. The smallest absolute Gasteiger partial charge is 0.244 e. The van der Waals surface area contributed by atoms with Gasteiger partial charge in [0, 0.05) is 38.7 Å². The molecule has 6 nitrogen and oxygen atoms in total. The third kappa shape index (κ3) is 2.90. The van der Waals surface area contributed by atoms with Gasteiger partial charge >= 0.3 is 0 Å². The number of aryl methyl sites for hydroxylation is 1. The molecule has 0 aromatic carbocycles. The largest absolute Gasteiger partial charge is 0.352 e. The maximum atomic E-state index is 12.5. The zero-order chi connectivity index (χ0) is 14.8. The van der Waals surface area contributed by atoms with Gasteiger partial charge in [0.05, 0.1) is 12.2 Å². The zero-order valence-electron chi connectivity index (χ0n) is 11.5. The highest BCUT2D eigenvalue weighted by Gasteiger charge is 2.23. The van der Waals surface area contributed by atoms with E-state index in [0.717, 1.165) is 5.69 Å². The summed E-state index contributed by atoms with van der Waals surface area (Å²) in [4.78, 5) is 4.38. The molecule has 0 atom stereocenters. The standard InChI is InChI=1S/C13H18N4O2S/c1-16-10-13(7-12(16)8-14)20(18,19)17(2)9-11-5-3-4-6-15-11/h3-7,10H,8-9,14H2,1-2H3. The first-order chi connectivity index (χ1) is 9.45. The monoisotopic (exact) mass is 294 g/mol. The summed E-state index contributed by atoms with van der Waals surface area (Å²) in [6, 6.07) is 7.02. The molecule has 2 aromatic heterocycles. The van der Waals surface area contributed by atoms with Gasteiger partial charge in [0.1, 0.15) is 4.90 Å². The molecule has 0 aliphatic rings. The van der Waals surface area contributed by atoms with Crippen molar-refractivity contribution >= 4 is 10.0 Å². The summed E-state index contributed by atoms with van der Waals surface area (Å²) in [5.41, 5.74) is 7.04. The fraction of sp³-hybridized carbons (Fsp3) is 0.308. The minimum Gasteiger partial charge on any atom is -0.352 e. The first-order valence-electron chi connectivity index (χ1n) is 6.16. The number of rotatable bonds is 5. The Labute approximate surface area is 118 Å². The Morgan fingerprint density at radius 1 is 1.40 bits per heavy atom. The summed E-state index contributed by atoms with van der Waals surface area (Å²) in [7, 11) is -0.213. The summed E-state index contributed by atoms with van der Waals surface area (Å²) < 4.78 is 27.9. The lowest BCUT2D eigenvalue weighted by Crippen LogP contribution is -2.26. The van der Waals surface area contributed by atoms with Gasteiger partial charge < -0.3 is 10.3 Å². The third-order valence-electron chi connectivity index (χ3n) is 3.11. The van der Waals surface area contributed by atoms with Gasteiger partial charge in [0.25, 0.3) is 0 Å². The lowest BCUT2D eigenvalue weighted by molar-refractivity contribution is 0.462. The predicted molar refractivity (Wildman–Crippen MR) is 76.2 cm³/mol. The van der Waals surface area contributed by atoms with Gasteiger partial charge in [-0.25, -0.2) is 8.42 Å². The van der Waals surface area contributed by atoms with Crippen molar-refractivity contribution in [1.29, 1.82) is 0 Å². The van der Waals surface area contributed by atoms with Crippen LogP contribution in [0.25, 0.3) is 0 Å². The average molecular weight is 294 g/mol. The Kier molecular flexibility index (Phi) is 4.22. The summed E-state index contributed by atoms with van der Waals surface area (Å²) >= 11 is 0. The Bertz CT molecular complexity index is 680. The minimum atomic E-state index is -3.53. The van der Waals surface area contributed by atoms with Crippen LogP contribution < -0.4 is 5.73 Å². The van der Waals surface area contributed by atoms with Crippen LogP contribution in [0.4, 0.5) is 0 Å². The maximum absolute atomic E-state index is 12.5. The number of hydrogen-bond donors (Lipinski definition) is 1. The van der Waals surface area contributed by atoms with Crippen molar-refractivity contribution in [3.05, 3.63) is 48.0 Å². The van der Waals surface area contributed by atoms with Crippen molar-refractivity contribution in [1.82, 2.24) is 13.9 Å². The van der Waals surface area contributed by atoms with Crippen molar-refractivity contribution in [3.63, 3.8) is 0 Å². The van der Waals surface area contributed by atoms with E-state index in [1.165, 1.54) is 4.31 Å². The number of nitrogens with zero attached hydrogens (tertiary/aromatic N) is 3. The Hall–Kier alpha value is -1.70. The van der Waals surface area contributed by atoms with Gasteiger partial charge in [0.2, 0.25) is 10.0 Å². The van der Waals surface area contributed by atoms with Crippen LogP contribution in [0.5, 0.6) is 0 Å². The second-order valence-corrected chi connectivity index (χ2v) is 6.61. The normalized spacial score (nSPS) is 12.0. The molecule has 0 fully saturated rings. The summed E-state index contributed by atoms with van der Waals surface area (Å²) in [6.45, 7) is 0.534. The molecular formula is C13H18N4O2S. The van der Waals surface area contributed by atoms with Crippen LogP contribution in [0, 0.1) is 0 Å². The minimum absolute atomic E-state index is 0.232. The fourth-order valence-corrected chi connectivity index (χ4v) is 3.14. The quantitative estimate of drug-likeness (QED) is 0.880. The first-order valence-corrected chi connectivity index (χ1v) is 7.60. The van der Waals surface area contributed by atoms with Crippen molar-refractivity contribution < 1.29 is 8.42 Å². The van der Waals surface area contributed by atoms with Crippen LogP contribution in [-0.4, -0.2) is 29.3 Å². The van der Waals surface area contributed by atoms with Crippen LogP contribution in [0.3, 0.4) is 0 Å². The number of sulfonamides is 1. The summed E-state index contributed by atoms with van der Waals surface area (Å²) in [5.74, 6) is 0. The van der Waals surface area contributed by atoms with Crippen molar-refractivity contribution in [2.45, 2.75) is 18.0 Å². The first kappa shape index (κ1) is 14.7. The molecule has 2 aromatic rings. The van der Waals surface area contributed by atoms with Gasteiger partial charge in [-0.2, -0.15) is 4.31 Å². The molecular weight excluding hydrogens is 276 g/mol. The van der Waals surface area contributed by atoms with Gasteiger partial charge in [-0.3, -0.25) is 4.98 Å². The van der Waals surface area contributed by atoms with E-state index >= 15 is 0 Å². The molecule has 2 heterocycles. The highest BCUT2D eigenvalue weighted by Crippen LogP contribution is 2.18. The molecule has 0 amide bonds. The Balaban J connectivity index is 2.25. The van der Waals surface area contributed by atoms with Crippen molar-refractivity contribution in [2.24, 2.45) is 12.8 Å². The number of hydrogen-bond acceptors (Lipinski definition) is 4. The fourth-order valence-electron chi connectivity index (χ4n) is 1.91. The average Bonchev–Trinajstić information content (AvgIpc) is 2.81. The van der Waals surface area contributed by atoms with Crippen LogP contribution in [-0.2, 0) is 30.2 Å². The Morgan fingerprint density at radius 2 is 2.15 bits per heavy atom. The predicted octanol–water partition coefficient (Wildman–Crippen LogP) is 0.699. The molecule has 2 N–H and O–H groups in total. The number of pyridine rings is 1. The van der Waals surface area contributed by atoms with E-state index in [-0.39, 0.29) is 11.4 Å². The maximum Gasteiger partial charge on any atom is 0.244 e. The topological polar surface area (TPSA) is 81.2 Å². The molecule has 0 bridgehead atoms. The van der Waals surface area contributed by atoms with Crippen LogP contribution in [0.2, 0.25) is 0 Å². The van der Waals surface area contributed by atoms with Gasteiger partial charge in [-0.15, -0.1) is 0 Å². The molecule has 0 saturated carbocycles.